The molecule has 0 spiro atoms. The number of hydrogen-bond donors (Lipinski definition) is 1. The molecule has 0 aliphatic carbocycles. The van der Waals surface area contributed by atoms with Crippen LogP contribution in [0.15, 0.2) is 11.8 Å². The average Bonchev–Trinajstić information content (AvgIpc) is 1.27. The van der Waals surface area contributed by atoms with E-state index in [9.17, 15) is 4.79 Å². The Labute approximate surface area is 78.8 Å². The Bertz CT molecular complexity index is 104. The number of allylic oxidation sites excluding steroid dienone is 2. The van der Waals surface area contributed by atoms with Gasteiger partial charge in [-0.05, 0) is 13.8 Å². The molecule has 0 saturated carbocycles. The minimum Gasteiger partial charge on any atom is -0.512 e. The second kappa shape index (κ2) is 11.7. The van der Waals surface area contributed by atoms with Gasteiger partial charge in [0.2, 0.25) is 0 Å². The molecule has 0 amide bonds. The Morgan fingerprint density at radius 3 is 1.60 bits per heavy atom. The number of hydrogen-bond acceptors (Lipinski definition) is 2. The van der Waals surface area contributed by atoms with E-state index in [1.165, 1.54) is 19.9 Å². The molecule has 10 heavy (non-hydrogen) atoms. The van der Waals surface area contributed by atoms with Gasteiger partial charge in [0.05, 0.1) is 5.76 Å². The standard InChI is InChI=1S/C5H8O2.2CH3.Au/c1-4(6)3-5(2)7;;;/h3,6H,1-2H3;2*1H3;/q;2*-1;/b4-3-;;;. The quantitative estimate of drug-likeness (QED) is 0.346. The molecule has 0 aliphatic rings. The summed E-state index contributed by atoms with van der Waals surface area (Å²) in [5, 5.41) is 8.36. The molecule has 3 heteroatoms. The Balaban J connectivity index is -0.0000000600. The molecule has 0 atom stereocenters. The topological polar surface area (TPSA) is 37.3 Å². The molecule has 0 bridgehead atoms. The van der Waals surface area contributed by atoms with Gasteiger partial charge >= 0.3 is 0 Å². The molecular weight excluding hydrogens is 313 g/mol. The van der Waals surface area contributed by atoms with Crippen LogP contribution in [0.25, 0.3) is 0 Å². The van der Waals surface area contributed by atoms with Crippen LogP contribution in [0.4, 0.5) is 0 Å². The van der Waals surface area contributed by atoms with E-state index in [0.29, 0.717) is 0 Å². The Morgan fingerprint density at radius 1 is 1.30 bits per heavy atom. The van der Waals surface area contributed by atoms with Gasteiger partial charge in [-0.15, -0.1) is 0 Å². The molecule has 0 aromatic rings. The molecule has 0 saturated heterocycles. The van der Waals surface area contributed by atoms with Crippen molar-refractivity contribution in [1.82, 2.24) is 0 Å². The molecule has 0 unspecified atom stereocenters. The van der Waals surface area contributed by atoms with Crippen LogP contribution < -0.4 is 0 Å². The molecule has 0 rings (SSSR count). The van der Waals surface area contributed by atoms with Crippen molar-refractivity contribution in [2.45, 2.75) is 13.8 Å². The fourth-order valence-corrected chi connectivity index (χ4v) is 0.294. The Kier molecular flexibility index (Phi) is 26.4. The van der Waals surface area contributed by atoms with Gasteiger partial charge < -0.3 is 20.0 Å². The van der Waals surface area contributed by atoms with Crippen molar-refractivity contribution in [3.63, 3.8) is 0 Å². The van der Waals surface area contributed by atoms with Crippen LogP contribution in [0.1, 0.15) is 13.8 Å². The van der Waals surface area contributed by atoms with Crippen molar-refractivity contribution in [2.24, 2.45) is 0 Å². The third kappa shape index (κ3) is 24.6. The van der Waals surface area contributed by atoms with Crippen molar-refractivity contribution in [3.8, 4) is 0 Å². The number of carbonyl (C=O) groups excluding carboxylic acids is 1. The van der Waals surface area contributed by atoms with Crippen LogP contribution in [0.2, 0.25) is 0 Å². The smallest absolute Gasteiger partial charge is 0.155 e. The second-order valence-electron chi connectivity index (χ2n) is 1.40. The number of carbonyl (C=O) groups is 1. The van der Waals surface area contributed by atoms with Crippen LogP contribution >= 0.6 is 0 Å². The summed E-state index contributed by atoms with van der Waals surface area (Å²) in [5.74, 6) is -0.0625. The van der Waals surface area contributed by atoms with Crippen molar-refractivity contribution in [3.05, 3.63) is 26.7 Å². The molecular formula is C7H14AuO2-2. The number of aliphatic hydroxyl groups excluding tert-OH is 1. The van der Waals surface area contributed by atoms with Crippen molar-refractivity contribution in [1.29, 1.82) is 0 Å². The zero-order valence-corrected chi connectivity index (χ0v) is 8.90. The molecule has 2 nitrogen and oxygen atoms in total. The number of aliphatic hydroxyl groups is 1. The van der Waals surface area contributed by atoms with Gasteiger partial charge in [-0.1, -0.05) is 0 Å². The fourth-order valence-electron chi connectivity index (χ4n) is 0.294. The SMILES string of the molecule is CC(=O)/C=C(/C)O.[Au].[CH3-].[CH3-]. The first-order valence-electron chi connectivity index (χ1n) is 2.01. The Morgan fingerprint density at radius 2 is 1.60 bits per heavy atom. The molecule has 0 aliphatic heterocycles. The fraction of sp³-hybridized carbons (Fsp3) is 0.286. The van der Waals surface area contributed by atoms with E-state index in [-0.39, 0.29) is 48.8 Å². The number of rotatable bonds is 1. The maximum absolute atomic E-state index is 10.0. The van der Waals surface area contributed by atoms with Crippen LogP contribution in [0.3, 0.4) is 0 Å². The third-order valence-electron chi connectivity index (χ3n) is 0.412. The predicted octanol–water partition coefficient (Wildman–Crippen LogP) is 1.94. The molecule has 0 heterocycles. The third-order valence-corrected chi connectivity index (χ3v) is 0.412. The van der Waals surface area contributed by atoms with Gasteiger partial charge in [-0.2, -0.15) is 0 Å². The summed E-state index contributed by atoms with van der Waals surface area (Å²) in [4.78, 5) is 10.0. The molecule has 67 valence electrons. The monoisotopic (exact) mass is 327 g/mol. The summed E-state index contributed by atoms with van der Waals surface area (Å²) in [7, 11) is 0. The largest absolute Gasteiger partial charge is 0.512 e. The summed E-state index contributed by atoms with van der Waals surface area (Å²) in [5.41, 5.74) is 0. The van der Waals surface area contributed by atoms with Gasteiger partial charge in [0.25, 0.3) is 0 Å². The first-order chi connectivity index (χ1) is 3.13. The van der Waals surface area contributed by atoms with E-state index in [4.69, 9.17) is 5.11 Å². The average molecular weight is 327 g/mol. The predicted molar refractivity (Wildman–Crippen MR) is 39.9 cm³/mol. The van der Waals surface area contributed by atoms with Gasteiger partial charge in [0.1, 0.15) is 0 Å². The summed E-state index contributed by atoms with van der Waals surface area (Å²) >= 11 is 0. The number of ketones is 1. The van der Waals surface area contributed by atoms with Crippen LogP contribution in [0.5, 0.6) is 0 Å². The Hall–Kier alpha value is -0.0497. The minimum absolute atomic E-state index is 0. The van der Waals surface area contributed by atoms with E-state index in [2.05, 4.69) is 0 Å². The van der Waals surface area contributed by atoms with Crippen LogP contribution in [-0.4, -0.2) is 10.9 Å². The minimum atomic E-state index is -0.125. The van der Waals surface area contributed by atoms with E-state index in [0.717, 1.165) is 0 Å². The summed E-state index contributed by atoms with van der Waals surface area (Å²) in [6.45, 7) is 2.85. The molecule has 0 fully saturated rings. The van der Waals surface area contributed by atoms with Gasteiger partial charge in [-0.25, -0.2) is 0 Å². The first kappa shape index (κ1) is 22.5. The van der Waals surface area contributed by atoms with Gasteiger partial charge in [-0.3, -0.25) is 4.79 Å². The summed E-state index contributed by atoms with van der Waals surface area (Å²) in [6, 6.07) is 0. The van der Waals surface area contributed by atoms with Crippen molar-refractivity contribution in [2.75, 3.05) is 0 Å². The summed E-state index contributed by atoms with van der Waals surface area (Å²) in [6.07, 6.45) is 1.17. The first-order valence-corrected chi connectivity index (χ1v) is 2.01. The zero-order chi connectivity index (χ0) is 5.86. The van der Waals surface area contributed by atoms with Crippen LogP contribution in [-0.2, 0) is 27.2 Å². The van der Waals surface area contributed by atoms with E-state index < -0.39 is 0 Å². The van der Waals surface area contributed by atoms with E-state index in [1.54, 1.807) is 0 Å². The maximum atomic E-state index is 10.0. The van der Waals surface area contributed by atoms with Crippen molar-refractivity contribution >= 4 is 5.78 Å². The van der Waals surface area contributed by atoms with Crippen molar-refractivity contribution < 1.29 is 32.3 Å². The second-order valence-corrected chi connectivity index (χ2v) is 1.40. The molecule has 1 N–H and O–H groups in total. The van der Waals surface area contributed by atoms with Gasteiger partial charge in [0, 0.05) is 28.5 Å². The summed E-state index contributed by atoms with van der Waals surface area (Å²) < 4.78 is 0. The van der Waals surface area contributed by atoms with E-state index >= 15 is 0 Å². The zero-order valence-electron chi connectivity index (χ0n) is 6.73. The maximum Gasteiger partial charge on any atom is 0.155 e. The molecule has 0 aromatic heterocycles. The van der Waals surface area contributed by atoms with E-state index in [1.807, 2.05) is 0 Å². The van der Waals surface area contributed by atoms with Crippen LogP contribution in [0, 0.1) is 14.9 Å². The molecule has 0 aromatic carbocycles. The normalized spacial score (nSPS) is 8.00. The molecule has 1 radical (unpaired) electrons. The van der Waals surface area contributed by atoms with Gasteiger partial charge in [0.15, 0.2) is 5.78 Å².